The van der Waals surface area contributed by atoms with E-state index in [1.165, 1.54) is 0 Å². The molecule has 0 bridgehead atoms. The molecule has 1 aliphatic rings. The highest BCUT2D eigenvalue weighted by atomic mass is 16.4. The molecule has 114 valence electrons. The molecule has 6 nitrogen and oxygen atoms in total. The fraction of sp³-hybridized carbons (Fsp3) is 0.467. The number of anilines is 1. The minimum absolute atomic E-state index is 0.0633. The van der Waals surface area contributed by atoms with Crippen LogP contribution in [0.1, 0.15) is 24.8 Å². The third-order valence-corrected chi connectivity index (χ3v) is 3.68. The molecule has 1 saturated carbocycles. The number of carbonyl (C=O) groups excluding carboxylic acids is 1. The van der Waals surface area contributed by atoms with Gasteiger partial charge in [0.25, 0.3) is 0 Å². The van der Waals surface area contributed by atoms with Crippen LogP contribution in [0.4, 0.5) is 10.5 Å². The van der Waals surface area contributed by atoms with Gasteiger partial charge in [0.15, 0.2) is 0 Å². The zero-order chi connectivity index (χ0) is 15.2. The van der Waals surface area contributed by atoms with Crippen molar-refractivity contribution in [3.05, 3.63) is 29.8 Å². The number of urea groups is 1. The molecule has 0 spiro atoms. The molecule has 0 aromatic heterocycles. The summed E-state index contributed by atoms with van der Waals surface area (Å²) in [5.74, 6) is -1.12. The van der Waals surface area contributed by atoms with Gasteiger partial charge in [-0.15, -0.1) is 0 Å². The second-order valence-corrected chi connectivity index (χ2v) is 5.37. The minimum atomic E-state index is -0.778. The smallest absolute Gasteiger partial charge is 0.319 e. The first kappa shape index (κ1) is 15.3. The Kier molecular flexibility index (Phi) is 5.16. The lowest BCUT2D eigenvalue weighted by atomic mass is 10.1. The minimum Gasteiger partial charge on any atom is -0.481 e. The number of hydrogen-bond donors (Lipinski definition) is 4. The molecule has 2 rings (SSSR count). The second kappa shape index (κ2) is 7.08. The number of amides is 2. The van der Waals surface area contributed by atoms with Gasteiger partial charge in [0, 0.05) is 18.3 Å². The zero-order valence-electron chi connectivity index (χ0n) is 12.1. The van der Waals surface area contributed by atoms with E-state index in [1.54, 1.807) is 0 Å². The van der Waals surface area contributed by atoms with Gasteiger partial charge < -0.3 is 21.1 Å². The molecule has 0 saturated heterocycles. The Morgan fingerprint density at radius 2 is 2.14 bits per heavy atom. The predicted molar refractivity (Wildman–Crippen MR) is 80.1 cm³/mol. The maximum atomic E-state index is 11.9. The van der Waals surface area contributed by atoms with Gasteiger partial charge in [-0.25, -0.2) is 4.79 Å². The molecule has 2 amide bonds. The van der Waals surface area contributed by atoms with Gasteiger partial charge in [-0.05, 0) is 44.0 Å². The van der Waals surface area contributed by atoms with Gasteiger partial charge in [-0.3, -0.25) is 4.79 Å². The molecule has 2 atom stereocenters. The van der Waals surface area contributed by atoms with Crippen molar-refractivity contribution in [3.63, 3.8) is 0 Å². The monoisotopic (exact) mass is 291 g/mol. The summed E-state index contributed by atoms with van der Waals surface area (Å²) < 4.78 is 0. The summed E-state index contributed by atoms with van der Waals surface area (Å²) in [4.78, 5) is 22.8. The summed E-state index contributed by atoms with van der Waals surface area (Å²) >= 11 is 0. The second-order valence-electron chi connectivity index (χ2n) is 5.37. The van der Waals surface area contributed by atoms with E-state index in [9.17, 15) is 9.59 Å². The van der Waals surface area contributed by atoms with Crippen LogP contribution >= 0.6 is 0 Å². The first-order valence-electron chi connectivity index (χ1n) is 7.12. The van der Waals surface area contributed by atoms with Gasteiger partial charge in [0.1, 0.15) is 0 Å². The lowest BCUT2D eigenvalue weighted by molar-refractivity contribution is -0.141. The van der Waals surface area contributed by atoms with Crippen molar-refractivity contribution >= 4 is 17.7 Å². The molecule has 0 heterocycles. The number of hydrogen-bond acceptors (Lipinski definition) is 3. The number of carboxylic acid groups (broad SMARTS) is 1. The number of nitrogens with one attached hydrogen (secondary N) is 3. The number of rotatable bonds is 5. The average Bonchev–Trinajstić information content (AvgIpc) is 2.88. The molecule has 0 radical (unpaired) electrons. The lowest BCUT2D eigenvalue weighted by Gasteiger charge is -2.14. The van der Waals surface area contributed by atoms with E-state index in [0.717, 1.165) is 17.8 Å². The highest BCUT2D eigenvalue weighted by Gasteiger charge is 2.30. The van der Waals surface area contributed by atoms with Gasteiger partial charge in [0.05, 0.1) is 5.92 Å². The number of carboxylic acids is 1. The lowest BCUT2D eigenvalue weighted by Crippen LogP contribution is -2.36. The molecule has 0 aliphatic heterocycles. The van der Waals surface area contributed by atoms with E-state index in [1.807, 2.05) is 31.3 Å². The molecule has 1 aliphatic carbocycles. The number of benzene rings is 1. The zero-order valence-corrected chi connectivity index (χ0v) is 12.1. The number of carbonyl (C=O) groups is 2. The summed E-state index contributed by atoms with van der Waals surface area (Å²) in [6.07, 6.45) is 1.84. The molecule has 4 N–H and O–H groups in total. The summed E-state index contributed by atoms with van der Waals surface area (Å²) in [7, 11) is 1.87. The fourth-order valence-corrected chi connectivity index (χ4v) is 2.65. The van der Waals surface area contributed by atoms with E-state index >= 15 is 0 Å². The first-order chi connectivity index (χ1) is 10.1. The third-order valence-electron chi connectivity index (χ3n) is 3.68. The molecule has 21 heavy (non-hydrogen) atoms. The Hall–Kier alpha value is -2.08. The normalized spacial score (nSPS) is 21.0. The van der Waals surface area contributed by atoms with Crippen molar-refractivity contribution in [1.29, 1.82) is 0 Å². The Morgan fingerprint density at radius 3 is 2.81 bits per heavy atom. The molecular weight excluding hydrogens is 270 g/mol. The molecule has 1 aromatic rings. The van der Waals surface area contributed by atoms with Crippen molar-refractivity contribution in [1.82, 2.24) is 10.6 Å². The van der Waals surface area contributed by atoms with Crippen LogP contribution in [0.15, 0.2) is 24.3 Å². The van der Waals surface area contributed by atoms with Crippen molar-refractivity contribution in [2.45, 2.75) is 31.8 Å². The van der Waals surface area contributed by atoms with Crippen molar-refractivity contribution in [3.8, 4) is 0 Å². The van der Waals surface area contributed by atoms with Crippen LogP contribution in [-0.2, 0) is 11.3 Å². The quantitative estimate of drug-likeness (QED) is 0.665. The molecule has 0 unspecified atom stereocenters. The largest absolute Gasteiger partial charge is 0.481 e. The molecule has 1 fully saturated rings. The molecule has 1 aromatic carbocycles. The standard InChI is InChI=1S/C15H21N3O3/c1-16-9-10-3-2-4-12(7-10)17-15(21)18-13-6-5-11(8-13)14(19)20/h2-4,7,11,13,16H,5-6,8-9H2,1H3,(H,19,20)(H2,17,18,21)/t11-,13+/m1/s1. The fourth-order valence-electron chi connectivity index (χ4n) is 2.65. The van der Waals surface area contributed by atoms with Crippen LogP contribution in [0.5, 0.6) is 0 Å². The van der Waals surface area contributed by atoms with Crippen LogP contribution in [0.2, 0.25) is 0 Å². The van der Waals surface area contributed by atoms with E-state index in [-0.39, 0.29) is 18.0 Å². The Labute approximate surface area is 123 Å². The third kappa shape index (κ3) is 4.46. The highest BCUT2D eigenvalue weighted by Crippen LogP contribution is 2.25. The molecular formula is C15H21N3O3. The van der Waals surface area contributed by atoms with Crippen LogP contribution in [0, 0.1) is 5.92 Å². The average molecular weight is 291 g/mol. The van der Waals surface area contributed by atoms with E-state index in [4.69, 9.17) is 5.11 Å². The SMILES string of the molecule is CNCc1cccc(NC(=O)N[C@H]2CC[C@@H](C(=O)O)C2)c1. The van der Waals surface area contributed by atoms with Gasteiger partial charge >= 0.3 is 12.0 Å². The summed E-state index contributed by atoms with van der Waals surface area (Å²) in [5, 5.41) is 17.6. The van der Waals surface area contributed by atoms with Crippen LogP contribution < -0.4 is 16.0 Å². The summed E-state index contributed by atoms with van der Waals surface area (Å²) in [5.41, 5.74) is 1.81. The summed E-state index contributed by atoms with van der Waals surface area (Å²) in [6.45, 7) is 0.736. The maximum Gasteiger partial charge on any atom is 0.319 e. The van der Waals surface area contributed by atoms with Crippen molar-refractivity contribution in [2.75, 3.05) is 12.4 Å². The van der Waals surface area contributed by atoms with Crippen molar-refractivity contribution in [2.24, 2.45) is 5.92 Å². The van der Waals surface area contributed by atoms with Gasteiger partial charge in [0.2, 0.25) is 0 Å². The van der Waals surface area contributed by atoms with E-state index < -0.39 is 5.97 Å². The van der Waals surface area contributed by atoms with E-state index in [2.05, 4.69) is 16.0 Å². The van der Waals surface area contributed by atoms with Crippen LogP contribution in [-0.4, -0.2) is 30.2 Å². The predicted octanol–water partition coefficient (Wildman–Crippen LogP) is 1.78. The van der Waals surface area contributed by atoms with Crippen LogP contribution in [0.25, 0.3) is 0 Å². The molecule has 6 heteroatoms. The van der Waals surface area contributed by atoms with Crippen molar-refractivity contribution < 1.29 is 14.7 Å². The van der Waals surface area contributed by atoms with E-state index in [0.29, 0.717) is 19.3 Å². The Morgan fingerprint density at radius 1 is 1.33 bits per heavy atom. The Bertz CT molecular complexity index is 519. The van der Waals surface area contributed by atoms with Gasteiger partial charge in [-0.2, -0.15) is 0 Å². The first-order valence-corrected chi connectivity index (χ1v) is 7.12. The maximum absolute atomic E-state index is 11.9. The van der Waals surface area contributed by atoms with Gasteiger partial charge in [-0.1, -0.05) is 12.1 Å². The highest BCUT2D eigenvalue weighted by molar-refractivity contribution is 5.89. The number of aliphatic carboxylic acids is 1. The van der Waals surface area contributed by atoms with Crippen LogP contribution in [0.3, 0.4) is 0 Å². The topological polar surface area (TPSA) is 90.5 Å². The summed E-state index contributed by atoms with van der Waals surface area (Å²) in [6, 6.07) is 7.25. The Balaban J connectivity index is 1.85.